The molecule has 0 bridgehead atoms. The van der Waals surface area contributed by atoms with Gasteiger partial charge in [0.1, 0.15) is 12.3 Å². The second kappa shape index (κ2) is 6.70. The van der Waals surface area contributed by atoms with Gasteiger partial charge in [0.2, 0.25) is 0 Å². The summed E-state index contributed by atoms with van der Waals surface area (Å²) < 4.78 is 82.8. The number of anilines is 1. The van der Waals surface area contributed by atoms with E-state index in [0.717, 1.165) is 17.0 Å². The molecule has 1 heterocycles. The molecule has 0 fully saturated rings. The van der Waals surface area contributed by atoms with Crippen LogP contribution in [-0.4, -0.2) is 12.7 Å². The second-order valence-electron chi connectivity index (χ2n) is 5.34. The summed E-state index contributed by atoms with van der Waals surface area (Å²) in [6.45, 7) is -0.206. The first-order valence-corrected chi connectivity index (χ1v) is 6.97. The molecule has 9 heteroatoms. The lowest BCUT2D eigenvalue weighted by Gasteiger charge is -2.26. The minimum atomic E-state index is -4.86. The lowest BCUT2D eigenvalue weighted by molar-refractivity contribution is -0.137. The van der Waals surface area contributed by atoms with E-state index >= 15 is 0 Å². The molecule has 0 unspecified atom stereocenters. The van der Waals surface area contributed by atoms with E-state index in [0.29, 0.717) is 11.6 Å². The third-order valence-corrected chi connectivity index (χ3v) is 3.47. The molecule has 0 spiro atoms. The van der Waals surface area contributed by atoms with E-state index in [2.05, 4.69) is 0 Å². The highest BCUT2D eigenvalue weighted by Crippen LogP contribution is 2.35. The zero-order valence-corrected chi connectivity index (χ0v) is 12.9. The van der Waals surface area contributed by atoms with Crippen molar-refractivity contribution < 1.29 is 30.8 Å². The Balaban J connectivity index is 2.47. The summed E-state index contributed by atoms with van der Waals surface area (Å²) in [5.41, 5.74) is -1.66. The van der Waals surface area contributed by atoms with Crippen LogP contribution in [0.3, 0.4) is 0 Å². The molecule has 134 valence electrons. The molecule has 0 saturated carbocycles. The highest BCUT2D eigenvalue weighted by Gasteiger charge is 2.36. The molecule has 0 aliphatic heterocycles. The first-order valence-electron chi connectivity index (χ1n) is 6.97. The van der Waals surface area contributed by atoms with Crippen molar-refractivity contribution in [2.75, 3.05) is 11.4 Å². The Bertz CT molecular complexity index is 785. The molecule has 3 nitrogen and oxygen atoms in total. The lowest BCUT2D eigenvalue weighted by Crippen LogP contribution is -2.34. The number of nitriles is 1. The third kappa shape index (κ3) is 4.68. The first-order chi connectivity index (χ1) is 11.5. The van der Waals surface area contributed by atoms with E-state index in [1.807, 2.05) is 0 Å². The fraction of sp³-hybridized carbons (Fsp3) is 0.312. The maximum atomic E-state index is 13.0. The van der Waals surface area contributed by atoms with Crippen LogP contribution < -0.4 is 4.90 Å². The van der Waals surface area contributed by atoms with Crippen LogP contribution in [0.2, 0.25) is 0 Å². The fourth-order valence-corrected chi connectivity index (χ4v) is 2.26. The molecule has 0 aliphatic carbocycles. The summed E-state index contributed by atoms with van der Waals surface area (Å²) in [4.78, 5) is 0.724. The first kappa shape index (κ1) is 18.7. The van der Waals surface area contributed by atoms with Gasteiger partial charge in [0, 0.05) is 5.69 Å². The van der Waals surface area contributed by atoms with Gasteiger partial charge in [-0.1, -0.05) is 0 Å². The van der Waals surface area contributed by atoms with Crippen molar-refractivity contribution in [1.82, 2.24) is 0 Å². The van der Waals surface area contributed by atoms with Crippen LogP contribution in [-0.2, 0) is 12.7 Å². The van der Waals surface area contributed by atoms with E-state index in [-0.39, 0.29) is 18.0 Å². The van der Waals surface area contributed by atoms with Gasteiger partial charge >= 0.3 is 12.4 Å². The third-order valence-electron chi connectivity index (χ3n) is 3.47. The zero-order chi connectivity index (χ0) is 18.8. The molecule has 0 aliphatic rings. The minimum Gasteiger partial charge on any atom is -0.467 e. The number of aryl methyl sites for hydroxylation is 1. The summed E-state index contributed by atoms with van der Waals surface area (Å²) in [5, 5.41) is 8.78. The number of alkyl halides is 6. The van der Waals surface area contributed by atoms with Crippen molar-refractivity contribution in [2.45, 2.75) is 25.8 Å². The van der Waals surface area contributed by atoms with E-state index in [1.54, 1.807) is 13.0 Å². The van der Waals surface area contributed by atoms with Gasteiger partial charge in [0.25, 0.3) is 0 Å². The molecule has 1 aromatic carbocycles. The Hall–Kier alpha value is -2.63. The monoisotopic (exact) mass is 362 g/mol. The number of hydrogen-bond donors (Lipinski definition) is 0. The van der Waals surface area contributed by atoms with Crippen LogP contribution in [0.15, 0.2) is 34.9 Å². The van der Waals surface area contributed by atoms with E-state index < -0.39 is 30.0 Å². The summed E-state index contributed by atoms with van der Waals surface area (Å²) in [7, 11) is 0. The molecule has 2 rings (SSSR count). The molecule has 0 saturated heterocycles. The van der Waals surface area contributed by atoms with Crippen LogP contribution in [0.25, 0.3) is 0 Å². The predicted molar refractivity (Wildman–Crippen MR) is 76.7 cm³/mol. The van der Waals surface area contributed by atoms with Crippen LogP contribution in [0.1, 0.15) is 22.5 Å². The summed E-state index contributed by atoms with van der Waals surface area (Å²) >= 11 is 0. The Morgan fingerprint density at radius 3 is 2.28 bits per heavy atom. The van der Waals surface area contributed by atoms with Crippen LogP contribution in [0, 0.1) is 18.3 Å². The van der Waals surface area contributed by atoms with Gasteiger partial charge in [-0.05, 0) is 36.8 Å². The van der Waals surface area contributed by atoms with Crippen molar-refractivity contribution >= 4 is 5.69 Å². The Morgan fingerprint density at radius 2 is 1.80 bits per heavy atom. The Morgan fingerprint density at radius 1 is 1.12 bits per heavy atom. The lowest BCUT2D eigenvalue weighted by atomic mass is 10.1. The second-order valence-corrected chi connectivity index (χ2v) is 5.34. The van der Waals surface area contributed by atoms with Gasteiger partial charge in [-0.2, -0.15) is 31.6 Å². The van der Waals surface area contributed by atoms with Crippen LogP contribution in [0.5, 0.6) is 0 Å². The number of benzene rings is 1. The smallest absolute Gasteiger partial charge is 0.417 e. The standard InChI is InChI=1S/C16H12F6N2O/c1-10-4-5-25-14(10)8-24(9-15(17,18)19)12-3-2-11(7-23)13(6-12)16(20,21)22/h2-6H,8-9H2,1H3. The molecule has 25 heavy (non-hydrogen) atoms. The molecular formula is C16H12F6N2O. The summed E-state index contributed by atoms with van der Waals surface area (Å²) in [5.74, 6) is 0.210. The van der Waals surface area contributed by atoms with Gasteiger partial charge in [0.05, 0.1) is 30.0 Å². The maximum Gasteiger partial charge on any atom is 0.417 e. The SMILES string of the molecule is Cc1ccoc1CN(CC(F)(F)F)c1ccc(C#N)c(C(F)(F)F)c1. The summed E-state index contributed by atoms with van der Waals surface area (Å²) in [6.07, 6.45) is -8.20. The maximum absolute atomic E-state index is 13.0. The highest BCUT2D eigenvalue weighted by atomic mass is 19.4. The van der Waals surface area contributed by atoms with Gasteiger partial charge in [-0.15, -0.1) is 0 Å². The van der Waals surface area contributed by atoms with Crippen LogP contribution in [0.4, 0.5) is 32.0 Å². The van der Waals surface area contributed by atoms with Crippen molar-refractivity contribution in [2.24, 2.45) is 0 Å². The zero-order valence-electron chi connectivity index (χ0n) is 12.9. The topological polar surface area (TPSA) is 40.2 Å². The van der Waals surface area contributed by atoms with Crippen molar-refractivity contribution in [1.29, 1.82) is 5.26 Å². The number of rotatable bonds is 4. The number of furan rings is 1. The molecule has 1 aromatic heterocycles. The molecule has 0 radical (unpaired) electrons. The normalized spacial score (nSPS) is 12.1. The predicted octanol–water partition coefficient (Wildman–Crippen LogP) is 5.05. The fourth-order valence-electron chi connectivity index (χ4n) is 2.26. The molecule has 2 aromatic rings. The molecule has 0 atom stereocenters. The Kier molecular flexibility index (Phi) is 5.02. The van der Waals surface area contributed by atoms with Crippen molar-refractivity contribution in [3.8, 4) is 6.07 Å². The number of hydrogen-bond acceptors (Lipinski definition) is 3. The van der Waals surface area contributed by atoms with Gasteiger partial charge in [-0.3, -0.25) is 0 Å². The van der Waals surface area contributed by atoms with Gasteiger partial charge in [-0.25, -0.2) is 0 Å². The molecular weight excluding hydrogens is 350 g/mol. The number of nitrogens with zero attached hydrogens (tertiary/aromatic N) is 2. The average Bonchev–Trinajstić information content (AvgIpc) is 2.89. The van der Waals surface area contributed by atoms with Crippen molar-refractivity contribution in [3.05, 3.63) is 53.0 Å². The quantitative estimate of drug-likeness (QED) is 0.715. The highest BCUT2D eigenvalue weighted by molar-refractivity contribution is 5.55. The van der Waals surface area contributed by atoms with Crippen LogP contribution >= 0.6 is 0 Å². The van der Waals surface area contributed by atoms with E-state index in [1.165, 1.54) is 12.3 Å². The largest absolute Gasteiger partial charge is 0.467 e. The van der Waals surface area contributed by atoms with Crippen molar-refractivity contribution in [3.63, 3.8) is 0 Å². The summed E-state index contributed by atoms with van der Waals surface area (Å²) in [6, 6.07) is 5.39. The average molecular weight is 362 g/mol. The molecule has 0 amide bonds. The van der Waals surface area contributed by atoms with E-state index in [9.17, 15) is 26.3 Å². The minimum absolute atomic E-state index is 0.210. The van der Waals surface area contributed by atoms with Gasteiger partial charge < -0.3 is 9.32 Å². The van der Waals surface area contributed by atoms with E-state index in [4.69, 9.17) is 9.68 Å². The Labute approximate surface area is 139 Å². The molecule has 0 N–H and O–H groups in total. The number of halogens is 6. The van der Waals surface area contributed by atoms with Gasteiger partial charge in [0.15, 0.2) is 0 Å².